The Balaban J connectivity index is 1.79. The first-order valence-corrected chi connectivity index (χ1v) is 7.05. The maximum atomic E-state index is 10.0. The number of rotatable bonds is 3. The zero-order chi connectivity index (χ0) is 14.7. The van der Waals surface area contributed by atoms with Crippen molar-refractivity contribution in [2.24, 2.45) is 0 Å². The molecule has 21 heavy (non-hydrogen) atoms. The molecular weight excluding hydrogens is 266 g/mol. The second-order valence-electron chi connectivity index (χ2n) is 5.16. The monoisotopic (exact) mass is 285 g/mol. The molecule has 0 amide bonds. The van der Waals surface area contributed by atoms with E-state index in [-0.39, 0.29) is 0 Å². The minimum absolute atomic E-state index is 0.300. The van der Waals surface area contributed by atoms with E-state index in [0.717, 1.165) is 30.2 Å². The van der Waals surface area contributed by atoms with Gasteiger partial charge < -0.3 is 14.6 Å². The predicted octanol–water partition coefficient (Wildman–Crippen LogP) is 2.80. The lowest BCUT2D eigenvalue weighted by atomic mass is 10.1. The van der Waals surface area contributed by atoms with Crippen molar-refractivity contribution in [3.05, 3.63) is 53.6 Å². The molecule has 0 spiro atoms. The Hall–Kier alpha value is -2.20. The van der Waals surface area contributed by atoms with Gasteiger partial charge in [0, 0.05) is 30.8 Å². The topological polar surface area (TPSA) is 41.9 Å². The third-order valence-corrected chi connectivity index (χ3v) is 3.71. The lowest BCUT2D eigenvalue weighted by Crippen LogP contribution is -2.25. The number of ether oxygens (including phenoxy) is 2. The van der Waals surface area contributed by atoms with Crippen molar-refractivity contribution in [3.63, 3.8) is 0 Å². The molecule has 2 aromatic rings. The molecule has 0 atom stereocenters. The highest BCUT2D eigenvalue weighted by molar-refractivity contribution is 5.39. The van der Waals surface area contributed by atoms with Gasteiger partial charge in [-0.3, -0.25) is 4.90 Å². The minimum atomic E-state index is 0.300. The van der Waals surface area contributed by atoms with Gasteiger partial charge in [-0.05, 0) is 24.3 Å². The van der Waals surface area contributed by atoms with E-state index in [1.165, 1.54) is 5.56 Å². The summed E-state index contributed by atoms with van der Waals surface area (Å²) < 4.78 is 11.0. The minimum Gasteiger partial charge on any atom is -0.508 e. The Labute approximate surface area is 124 Å². The average molecular weight is 285 g/mol. The van der Waals surface area contributed by atoms with Crippen LogP contribution in [0.3, 0.4) is 0 Å². The first-order chi connectivity index (χ1) is 10.3. The zero-order valence-electron chi connectivity index (χ0n) is 12.1. The Kier molecular flexibility index (Phi) is 3.97. The number of phenols is 1. The van der Waals surface area contributed by atoms with Crippen LogP contribution in [-0.2, 0) is 13.1 Å². The number of hydrogen-bond acceptors (Lipinski definition) is 4. The summed E-state index contributed by atoms with van der Waals surface area (Å²) in [6, 6.07) is 13.4. The fraction of sp³-hybridized carbons (Fsp3) is 0.294. The van der Waals surface area contributed by atoms with E-state index < -0.39 is 0 Å². The van der Waals surface area contributed by atoms with Gasteiger partial charge in [0.1, 0.15) is 23.9 Å². The number of fused-ring (bicyclic) bond motifs is 1. The first-order valence-electron chi connectivity index (χ1n) is 7.05. The Morgan fingerprint density at radius 3 is 2.95 bits per heavy atom. The lowest BCUT2D eigenvalue weighted by molar-refractivity contribution is 0.217. The van der Waals surface area contributed by atoms with Crippen LogP contribution in [-0.4, -0.2) is 30.3 Å². The number of methoxy groups -OCH3 is 1. The van der Waals surface area contributed by atoms with Gasteiger partial charge in [-0.1, -0.05) is 18.2 Å². The summed E-state index contributed by atoms with van der Waals surface area (Å²) in [4.78, 5) is 2.26. The average Bonchev–Trinajstić information content (AvgIpc) is 2.71. The molecule has 0 unspecified atom stereocenters. The molecule has 0 aromatic heterocycles. The number of phenolic OH excluding ortho intramolecular Hbond substituents is 1. The summed E-state index contributed by atoms with van der Waals surface area (Å²) in [5.41, 5.74) is 2.05. The molecule has 4 nitrogen and oxygen atoms in total. The third kappa shape index (κ3) is 3.11. The molecular formula is C17H19NO3. The molecule has 3 rings (SSSR count). The molecule has 0 aliphatic carbocycles. The van der Waals surface area contributed by atoms with Gasteiger partial charge in [0.25, 0.3) is 0 Å². The molecule has 1 aliphatic heterocycles. The molecule has 0 saturated carbocycles. The van der Waals surface area contributed by atoms with Crippen LogP contribution < -0.4 is 9.47 Å². The highest BCUT2D eigenvalue weighted by atomic mass is 16.5. The molecule has 4 heteroatoms. The van der Waals surface area contributed by atoms with Crippen LogP contribution in [0, 0.1) is 0 Å². The summed E-state index contributed by atoms with van der Waals surface area (Å²) in [6.07, 6.45) is 0. The number of nitrogens with zero attached hydrogens (tertiary/aromatic N) is 1. The molecule has 1 aliphatic rings. The highest BCUT2D eigenvalue weighted by Crippen LogP contribution is 2.27. The molecule has 0 radical (unpaired) electrons. The van der Waals surface area contributed by atoms with E-state index in [0.29, 0.717) is 18.9 Å². The second kappa shape index (κ2) is 6.06. The number of hydrogen-bond donors (Lipinski definition) is 1. The van der Waals surface area contributed by atoms with Gasteiger partial charge in [0.15, 0.2) is 0 Å². The maximum Gasteiger partial charge on any atom is 0.123 e. The summed E-state index contributed by atoms with van der Waals surface area (Å²) in [7, 11) is 1.63. The maximum absolute atomic E-state index is 10.0. The largest absolute Gasteiger partial charge is 0.508 e. The van der Waals surface area contributed by atoms with Gasteiger partial charge >= 0.3 is 0 Å². The number of benzene rings is 2. The van der Waals surface area contributed by atoms with Crippen molar-refractivity contribution >= 4 is 0 Å². The van der Waals surface area contributed by atoms with Crippen LogP contribution in [0.4, 0.5) is 0 Å². The van der Waals surface area contributed by atoms with Crippen LogP contribution in [0.25, 0.3) is 0 Å². The van der Waals surface area contributed by atoms with E-state index >= 15 is 0 Å². The normalized spacial score (nSPS) is 14.9. The van der Waals surface area contributed by atoms with Crippen LogP contribution in [0.1, 0.15) is 11.1 Å². The fourth-order valence-corrected chi connectivity index (χ4v) is 2.57. The third-order valence-electron chi connectivity index (χ3n) is 3.71. The number of aromatic hydroxyl groups is 1. The Bertz CT molecular complexity index is 627. The summed E-state index contributed by atoms with van der Waals surface area (Å²) in [6.45, 7) is 2.96. The highest BCUT2D eigenvalue weighted by Gasteiger charge is 2.16. The Morgan fingerprint density at radius 2 is 2.10 bits per heavy atom. The van der Waals surface area contributed by atoms with Crippen LogP contribution in [0.2, 0.25) is 0 Å². The molecule has 110 valence electrons. The SMILES string of the molecule is COc1ccc(O)c(CN2CCOc3ccccc3C2)c1. The van der Waals surface area contributed by atoms with Crippen LogP contribution >= 0.6 is 0 Å². The summed E-state index contributed by atoms with van der Waals surface area (Å²) in [5, 5.41) is 10.0. The number of para-hydroxylation sites is 1. The zero-order valence-corrected chi connectivity index (χ0v) is 12.1. The molecule has 1 heterocycles. The fourth-order valence-electron chi connectivity index (χ4n) is 2.57. The summed E-state index contributed by atoms with van der Waals surface area (Å²) in [5.74, 6) is 2.01. The van der Waals surface area contributed by atoms with Gasteiger partial charge in [0.05, 0.1) is 7.11 Å². The molecule has 0 fully saturated rings. The van der Waals surface area contributed by atoms with Gasteiger partial charge in [0.2, 0.25) is 0 Å². The smallest absolute Gasteiger partial charge is 0.123 e. The van der Waals surface area contributed by atoms with Crippen molar-refractivity contribution in [3.8, 4) is 17.2 Å². The molecule has 1 N–H and O–H groups in total. The predicted molar refractivity (Wildman–Crippen MR) is 80.7 cm³/mol. The van der Waals surface area contributed by atoms with Crippen molar-refractivity contribution in [1.29, 1.82) is 0 Å². The second-order valence-corrected chi connectivity index (χ2v) is 5.16. The van der Waals surface area contributed by atoms with E-state index in [9.17, 15) is 5.11 Å². The first kappa shape index (κ1) is 13.8. The van der Waals surface area contributed by atoms with E-state index in [4.69, 9.17) is 9.47 Å². The van der Waals surface area contributed by atoms with E-state index in [1.807, 2.05) is 24.3 Å². The van der Waals surface area contributed by atoms with Crippen LogP contribution in [0.15, 0.2) is 42.5 Å². The van der Waals surface area contributed by atoms with Crippen molar-refractivity contribution in [2.75, 3.05) is 20.3 Å². The van der Waals surface area contributed by atoms with Crippen LogP contribution in [0.5, 0.6) is 17.2 Å². The van der Waals surface area contributed by atoms with E-state index in [1.54, 1.807) is 19.2 Å². The quantitative estimate of drug-likeness (QED) is 0.941. The van der Waals surface area contributed by atoms with Gasteiger partial charge in [-0.2, -0.15) is 0 Å². The molecule has 2 aromatic carbocycles. The summed E-state index contributed by atoms with van der Waals surface area (Å²) >= 11 is 0. The molecule has 0 bridgehead atoms. The van der Waals surface area contributed by atoms with E-state index in [2.05, 4.69) is 11.0 Å². The lowest BCUT2D eigenvalue weighted by Gasteiger charge is -2.20. The van der Waals surface area contributed by atoms with Gasteiger partial charge in [-0.15, -0.1) is 0 Å². The van der Waals surface area contributed by atoms with Crippen molar-refractivity contribution < 1.29 is 14.6 Å². The molecule has 0 saturated heterocycles. The Morgan fingerprint density at radius 1 is 1.24 bits per heavy atom. The van der Waals surface area contributed by atoms with Crippen molar-refractivity contribution in [2.45, 2.75) is 13.1 Å². The van der Waals surface area contributed by atoms with Gasteiger partial charge in [-0.25, -0.2) is 0 Å². The van der Waals surface area contributed by atoms with Crippen molar-refractivity contribution in [1.82, 2.24) is 4.90 Å². The standard InChI is InChI=1S/C17H19NO3/c1-20-15-6-7-16(19)14(10-15)12-18-8-9-21-17-5-3-2-4-13(17)11-18/h2-7,10,19H,8-9,11-12H2,1H3.